The number of furan rings is 1. The Labute approximate surface area is 286 Å². The van der Waals surface area contributed by atoms with Crippen molar-refractivity contribution < 1.29 is 4.42 Å². The molecular formula is C46H27N3O. The van der Waals surface area contributed by atoms with Crippen molar-refractivity contribution in [2.24, 2.45) is 0 Å². The highest BCUT2D eigenvalue weighted by molar-refractivity contribution is 6.24. The Kier molecular flexibility index (Phi) is 5.63. The van der Waals surface area contributed by atoms with Crippen molar-refractivity contribution in [2.45, 2.75) is 0 Å². The highest BCUT2D eigenvalue weighted by Crippen LogP contribution is 2.44. The summed E-state index contributed by atoms with van der Waals surface area (Å²) in [7, 11) is 0. The monoisotopic (exact) mass is 637 g/mol. The zero-order chi connectivity index (χ0) is 32.8. The van der Waals surface area contributed by atoms with Gasteiger partial charge in [-0.05, 0) is 63.5 Å². The second kappa shape index (κ2) is 10.4. The first-order chi connectivity index (χ1) is 24.8. The minimum atomic E-state index is 0.804. The second-order valence-electron chi connectivity index (χ2n) is 12.9. The van der Waals surface area contributed by atoms with Crippen LogP contribution in [0.1, 0.15) is 0 Å². The molecular weight excluding hydrogens is 611 g/mol. The summed E-state index contributed by atoms with van der Waals surface area (Å²) in [6, 6.07) is 57.7. The standard InChI is InChI=1S/C46H27N3O/c1-2-13-30(14-3-1)44-46(48-38-20-9-8-19-37(38)47-44)49-39-24-21-28-11-4-6-15-32(28)42(39)35-18-10-17-34(45(35)49)31-23-25-40-36(27-31)43-33-16-7-5-12-29(33)22-26-41(43)50-40/h1-27H. The van der Waals surface area contributed by atoms with Gasteiger partial charge in [0.25, 0.3) is 0 Å². The van der Waals surface area contributed by atoms with Crippen LogP contribution in [0.25, 0.3) is 105 Å². The molecule has 0 unspecified atom stereocenters. The number of para-hydroxylation sites is 3. The molecule has 0 amide bonds. The zero-order valence-corrected chi connectivity index (χ0v) is 26.8. The molecule has 0 spiro atoms. The minimum Gasteiger partial charge on any atom is -0.456 e. The number of benzene rings is 8. The van der Waals surface area contributed by atoms with Crippen LogP contribution in [0.15, 0.2) is 168 Å². The molecule has 0 aliphatic heterocycles. The molecule has 11 aromatic rings. The van der Waals surface area contributed by atoms with Crippen LogP contribution in [-0.2, 0) is 0 Å². The third kappa shape index (κ3) is 3.87. The van der Waals surface area contributed by atoms with Crippen LogP contribution < -0.4 is 0 Å². The molecule has 3 heterocycles. The molecule has 0 saturated carbocycles. The van der Waals surface area contributed by atoms with Gasteiger partial charge in [0.2, 0.25) is 0 Å². The average molecular weight is 638 g/mol. The summed E-state index contributed by atoms with van der Waals surface area (Å²) in [5.41, 5.74) is 9.78. The molecule has 50 heavy (non-hydrogen) atoms. The molecule has 11 rings (SSSR count). The summed E-state index contributed by atoms with van der Waals surface area (Å²) in [5, 5.41) is 9.43. The zero-order valence-electron chi connectivity index (χ0n) is 26.8. The third-order valence-corrected chi connectivity index (χ3v) is 10.2. The normalized spacial score (nSPS) is 12.0. The predicted molar refractivity (Wildman–Crippen MR) is 207 cm³/mol. The van der Waals surface area contributed by atoms with Crippen molar-refractivity contribution in [1.29, 1.82) is 0 Å². The van der Waals surface area contributed by atoms with Gasteiger partial charge in [0, 0.05) is 32.7 Å². The van der Waals surface area contributed by atoms with Crippen LogP contribution >= 0.6 is 0 Å². The van der Waals surface area contributed by atoms with Crippen molar-refractivity contribution in [2.75, 3.05) is 0 Å². The molecule has 0 N–H and O–H groups in total. The van der Waals surface area contributed by atoms with Gasteiger partial charge in [-0.25, -0.2) is 9.97 Å². The highest BCUT2D eigenvalue weighted by Gasteiger charge is 2.23. The average Bonchev–Trinajstić information content (AvgIpc) is 3.74. The second-order valence-corrected chi connectivity index (χ2v) is 12.9. The van der Waals surface area contributed by atoms with E-state index in [1.54, 1.807) is 0 Å². The minimum absolute atomic E-state index is 0.804. The van der Waals surface area contributed by atoms with Gasteiger partial charge in [0.15, 0.2) is 5.82 Å². The molecule has 0 aliphatic carbocycles. The largest absolute Gasteiger partial charge is 0.456 e. The molecule has 3 aromatic heterocycles. The molecule has 0 bridgehead atoms. The quantitative estimate of drug-likeness (QED) is 0.194. The molecule has 0 saturated heterocycles. The van der Waals surface area contributed by atoms with E-state index in [9.17, 15) is 0 Å². The van der Waals surface area contributed by atoms with Crippen molar-refractivity contribution >= 4 is 76.3 Å². The lowest BCUT2D eigenvalue weighted by Crippen LogP contribution is -2.04. The third-order valence-electron chi connectivity index (χ3n) is 10.2. The Bertz CT molecular complexity index is 3150. The lowest BCUT2D eigenvalue weighted by Gasteiger charge is -2.15. The first kappa shape index (κ1) is 27.2. The van der Waals surface area contributed by atoms with E-state index in [1.807, 2.05) is 30.3 Å². The summed E-state index contributed by atoms with van der Waals surface area (Å²) in [4.78, 5) is 10.7. The smallest absolute Gasteiger partial charge is 0.165 e. The fourth-order valence-electron chi connectivity index (χ4n) is 7.94. The molecule has 232 valence electrons. The van der Waals surface area contributed by atoms with Gasteiger partial charge >= 0.3 is 0 Å². The van der Waals surface area contributed by atoms with E-state index in [0.29, 0.717) is 0 Å². The summed E-state index contributed by atoms with van der Waals surface area (Å²) < 4.78 is 8.76. The Morgan fingerprint density at radius 1 is 0.440 bits per heavy atom. The maximum Gasteiger partial charge on any atom is 0.165 e. The molecule has 4 heteroatoms. The highest BCUT2D eigenvalue weighted by atomic mass is 16.3. The first-order valence-electron chi connectivity index (χ1n) is 16.9. The Balaban J connectivity index is 1.30. The van der Waals surface area contributed by atoms with Crippen molar-refractivity contribution in [3.63, 3.8) is 0 Å². The van der Waals surface area contributed by atoms with Gasteiger partial charge in [-0.1, -0.05) is 127 Å². The van der Waals surface area contributed by atoms with Gasteiger partial charge in [-0.2, -0.15) is 0 Å². The van der Waals surface area contributed by atoms with Crippen LogP contribution in [0.3, 0.4) is 0 Å². The lowest BCUT2D eigenvalue weighted by atomic mass is 9.97. The maximum absolute atomic E-state index is 6.41. The molecule has 0 atom stereocenters. The molecule has 0 radical (unpaired) electrons. The van der Waals surface area contributed by atoms with E-state index in [0.717, 1.165) is 72.2 Å². The van der Waals surface area contributed by atoms with Crippen LogP contribution in [0.4, 0.5) is 0 Å². The molecule has 8 aromatic carbocycles. The van der Waals surface area contributed by atoms with Gasteiger partial charge in [-0.3, -0.25) is 4.57 Å². The SMILES string of the molecule is c1ccc(-c2nc3ccccc3nc2-n2c3ccc4ccccc4c3c3cccc(-c4ccc5oc6ccc7ccccc7c6c5c4)c32)cc1. The number of rotatable bonds is 3. The van der Waals surface area contributed by atoms with Crippen molar-refractivity contribution in [1.82, 2.24) is 14.5 Å². The number of aromatic nitrogens is 3. The van der Waals surface area contributed by atoms with E-state index in [-0.39, 0.29) is 0 Å². The van der Waals surface area contributed by atoms with Gasteiger partial charge < -0.3 is 4.42 Å². The number of nitrogens with zero attached hydrogens (tertiary/aromatic N) is 3. The van der Waals surface area contributed by atoms with Crippen molar-refractivity contribution in [3.8, 4) is 28.2 Å². The summed E-state index contributed by atoms with van der Waals surface area (Å²) in [6.07, 6.45) is 0. The molecule has 0 fully saturated rings. The first-order valence-corrected chi connectivity index (χ1v) is 16.9. The number of hydrogen-bond acceptors (Lipinski definition) is 3. The Hall–Kier alpha value is -6.78. The van der Waals surface area contributed by atoms with E-state index in [1.165, 1.54) is 32.3 Å². The van der Waals surface area contributed by atoms with E-state index >= 15 is 0 Å². The van der Waals surface area contributed by atoms with Gasteiger partial charge in [0.05, 0.1) is 22.1 Å². The summed E-state index contributed by atoms with van der Waals surface area (Å²) in [6.45, 7) is 0. The summed E-state index contributed by atoms with van der Waals surface area (Å²) in [5.74, 6) is 0.804. The van der Waals surface area contributed by atoms with Crippen LogP contribution in [0.2, 0.25) is 0 Å². The fraction of sp³-hybridized carbons (Fsp3) is 0. The predicted octanol–water partition coefficient (Wildman–Crippen LogP) is 12.3. The van der Waals surface area contributed by atoms with Gasteiger partial charge in [-0.15, -0.1) is 0 Å². The maximum atomic E-state index is 6.41. The fourth-order valence-corrected chi connectivity index (χ4v) is 7.94. The van der Waals surface area contributed by atoms with Crippen LogP contribution in [-0.4, -0.2) is 14.5 Å². The van der Waals surface area contributed by atoms with Crippen LogP contribution in [0.5, 0.6) is 0 Å². The topological polar surface area (TPSA) is 43.9 Å². The van der Waals surface area contributed by atoms with E-state index in [4.69, 9.17) is 14.4 Å². The number of hydrogen-bond donors (Lipinski definition) is 0. The Morgan fingerprint density at radius 2 is 1.10 bits per heavy atom. The van der Waals surface area contributed by atoms with Crippen LogP contribution in [0, 0.1) is 0 Å². The van der Waals surface area contributed by atoms with Gasteiger partial charge in [0.1, 0.15) is 16.9 Å². The Morgan fingerprint density at radius 3 is 1.92 bits per heavy atom. The lowest BCUT2D eigenvalue weighted by molar-refractivity contribution is 0.669. The molecule has 4 nitrogen and oxygen atoms in total. The number of fused-ring (bicyclic) bond motifs is 11. The summed E-state index contributed by atoms with van der Waals surface area (Å²) >= 11 is 0. The van der Waals surface area contributed by atoms with Crippen molar-refractivity contribution in [3.05, 3.63) is 164 Å². The van der Waals surface area contributed by atoms with E-state index < -0.39 is 0 Å². The molecule has 0 aliphatic rings. The van der Waals surface area contributed by atoms with E-state index in [2.05, 4.69) is 138 Å².